The molecule has 0 fully saturated rings. The minimum atomic E-state index is -0.945. The minimum Gasteiger partial charge on any atom is -0.481 e. The molecule has 18 heavy (non-hydrogen) atoms. The molecular weight excluding hydrogens is 260 g/mol. The van der Waals surface area contributed by atoms with E-state index < -0.39 is 5.97 Å². The Labute approximate surface area is 106 Å². The molecule has 0 aliphatic heterocycles. The molecule has 0 spiro atoms. The van der Waals surface area contributed by atoms with Crippen molar-refractivity contribution in [1.82, 2.24) is 20.0 Å². The van der Waals surface area contributed by atoms with Gasteiger partial charge in [-0.1, -0.05) is 11.8 Å². The smallest absolute Gasteiger partial charge is 0.314 e. The van der Waals surface area contributed by atoms with Crippen molar-refractivity contribution in [2.45, 2.75) is 5.22 Å². The summed E-state index contributed by atoms with van der Waals surface area (Å²) in [5.74, 6) is -0.295. The lowest BCUT2D eigenvalue weighted by Crippen LogP contribution is -1.97. The molecule has 2 rings (SSSR count). The first-order valence-corrected chi connectivity index (χ1v) is 5.85. The maximum Gasteiger partial charge on any atom is 0.314 e. The molecule has 0 saturated carbocycles. The number of carbonyl (C=O) groups is 1. The van der Waals surface area contributed by atoms with Crippen molar-refractivity contribution >= 4 is 17.7 Å². The van der Waals surface area contributed by atoms with Crippen molar-refractivity contribution in [3.63, 3.8) is 0 Å². The highest BCUT2D eigenvalue weighted by Crippen LogP contribution is 2.24. The monoisotopic (exact) mass is 270 g/mol. The number of aromatic nitrogens is 4. The van der Waals surface area contributed by atoms with Crippen LogP contribution in [0.5, 0.6) is 5.88 Å². The van der Waals surface area contributed by atoms with E-state index in [4.69, 9.17) is 14.3 Å². The van der Waals surface area contributed by atoms with Gasteiger partial charge >= 0.3 is 5.97 Å². The fraction of sp³-hybridized carbons (Fsp3) is 0.333. The van der Waals surface area contributed by atoms with Crippen LogP contribution in [-0.4, -0.2) is 43.9 Å². The molecule has 0 radical (unpaired) electrons. The first-order chi connectivity index (χ1) is 8.60. The number of hydrogen-bond donors (Lipinski definition) is 1. The number of hydrogen-bond acceptors (Lipinski definition) is 7. The fourth-order valence-corrected chi connectivity index (χ4v) is 1.72. The number of thioether (sulfide) groups is 1. The van der Waals surface area contributed by atoms with Gasteiger partial charge < -0.3 is 14.3 Å². The van der Waals surface area contributed by atoms with E-state index >= 15 is 0 Å². The molecule has 0 aliphatic carbocycles. The summed E-state index contributed by atoms with van der Waals surface area (Å²) in [6, 6.07) is 1.65. The van der Waals surface area contributed by atoms with Crippen LogP contribution in [0.2, 0.25) is 0 Å². The number of aryl methyl sites for hydroxylation is 1. The van der Waals surface area contributed by atoms with Crippen LogP contribution >= 0.6 is 11.8 Å². The van der Waals surface area contributed by atoms with E-state index in [1.807, 2.05) is 0 Å². The van der Waals surface area contributed by atoms with Gasteiger partial charge in [-0.3, -0.25) is 4.79 Å². The van der Waals surface area contributed by atoms with Gasteiger partial charge in [0.1, 0.15) is 5.75 Å². The third-order valence-corrected chi connectivity index (χ3v) is 2.79. The van der Waals surface area contributed by atoms with Gasteiger partial charge in [-0.05, 0) is 0 Å². The summed E-state index contributed by atoms with van der Waals surface area (Å²) in [5.41, 5.74) is 0.476. The Balaban J connectivity index is 2.15. The highest BCUT2D eigenvalue weighted by atomic mass is 32.2. The number of aliphatic carboxylic acids is 1. The molecule has 0 saturated heterocycles. The van der Waals surface area contributed by atoms with Crippen molar-refractivity contribution in [2.24, 2.45) is 7.05 Å². The molecule has 96 valence electrons. The minimum absolute atomic E-state index is 0.132. The van der Waals surface area contributed by atoms with Gasteiger partial charge in [-0.2, -0.15) is 5.10 Å². The predicted octanol–water partition coefficient (Wildman–Crippen LogP) is 0.655. The Morgan fingerprint density at radius 2 is 2.39 bits per heavy atom. The second-order valence-electron chi connectivity index (χ2n) is 3.25. The zero-order chi connectivity index (χ0) is 13.1. The summed E-state index contributed by atoms with van der Waals surface area (Å²) >= 11 is 0.955. The molecular formula is C9H10N4O4S. The van der Waals surface area contributed by atoms with Gasteiger partial charge in [0.15, 0.2) is 5.69 Å². The van der Waals surface area contributed by atoms with Gasteiger partial charge in [0, 0.05) is 13.1 Å². The second-order valence-corrected chi connectivity index (χ2v) is 4.18. The van der Waals surface area contributed by atoms with E-state index in [1.165, 1.54) is 11.8 Å². The van der Waals surface area contributed by atoms with Crippen molar-refractivity contribution in [3.05, 3.63) is 6.07 Å². The summed E-state index contributed by atoms with van der Waals surface area (Å²) in [4.78, 5) is 10.4. The topological polar surface area (TPSA) is 103 Å². The molecule has 0 aliphatic rings. The molecule has 9 heteroatoms. The van der Waals surface area contributed by atoms with Crippen LogP contribution in [0.3, 0.4) is 0 Å². The molecule has 0 aromatic carbocycles. The summed E-state index contributed by atoms with van der Waals surface area (Å²) in [6.07, 6.45) is 0. The SMILES string of the molecule is COc1cc(-c2nnc(SCC(=O)O)o2)nn1C. The zero-order valence-electron chi connectivity index (χ0n) is 9.65. The molecule has 0 unspecified atom stereocenters. The standard InChI is InChI=1S/C9H10N4O4S/c1-13-6(16-2)3-5(12-13)8-10-11-9(17-8)18-4-7(14)15/h3H,4H2,1-2H3,(H,14,15). The van der Waals surface area contributed by atoms with E-state index in [0.717, 1.165) is 11.8 Å². The Kier molecular flexibility index (Phi) is 3.51. The highest BCUT2D eigenvalue weighted by molar-refractivity contribution is 7.99. The van der Waals surface area contributed by atoms with Crippen LogP contribution in [0, 0.1) is 0 Å². The van der Waals surface area contributed by atoms with Crippen molar-refractivity contribution < 1.29 is 19.1 Å². The van der Waals surface area contributed by atoms with E-state index in [0.29, 0.717) is 11.6 Å². The van der Waals surface area contributed by atoms with Crippen LogP contribution in [0.4, 0.5) is 0 Å². The lowest BCUT2D eigenvalue weighted by molar-refractivity contribution is -0.133. The Morgan fingerprint density at radius 3 is 3.00 bits per heavy atom. The quantitative estimate of drug-likeness (QED) is 0.790. The molecule has 0 bridgehead atoms. The largest absolute Gasteiger partial charge is 0.481 e. The molecule has 2 aromatic rings. The number of carboxylic acid groups (broad SMARTS) is 1. The van der Waals surface area contributed by atoms with E-state index in [2.05, 4.69) is 15.3 Å². The van der Waals surface area contributed by atoms with Gasteiger partial charge in [0.2, 0.25) is 5.88 Å². The van der Waals surface area contributed by atoms with E-state index in [-0.39, 0.29) is 16.9 Å². The average Bonchev–Trinajstić information content (AvgIpc) is 2.92. The van der Waals surface area contributed by atoms with Crippen molar-refractivity contribution in [2.75, 3.05) is 12.9 Å². The van der Waals surface area contributed by atoms with E-state index in [1.54, 1.807) is 13.1 Å². The highest BCUT2D eigenvalue weighted by Gasteiger charge is 2.15. The number of rotatable bonds is 5. The maximum atomic E-state index is 10.4. The normalized spacial score (nSPS) is 10.6. The third kappa shape index (κ3) is 2.62. The fourth-order valence-electron chi connectivity index (χ4n) is 1.24. The van der Waals surface area contributed by atoms with Crippen LogP contribution < -0.4 is 4.74 Å². The van der Waals surface area contributed by atoms with Crippen LogP contribution in [0.1, 0.15) is 0 Å². The molecule has 0 atom stereocenters. The van der Waals surface area contributed by atoms with Gasteiger partial charge in [0.25, 0.3) is 11.1 Å². The molecule has 2 aromatic heterocycles. The molecule has 2 heterocycles. The van der Waals surface area contributed by atoms with Crippen molar-refractivity contribution in [3.8, 4) is 17.5 Å². The maximum absolute atomic E-state index is 10.4. The number of carboxylic acids is 1. The first kappa shape index (κ1) is 12.4. The Bertz CT molecular complexity index is 565. The summed E-state index contributed by atoms with van der Waals surface area (Å²) in [5, 5.41) is 20.4. The Hall–Kier alpha value is -2.03. The predicted molar refractivity (Wildman–Crippen MR) is 61.4 cm³/mol. The third-order valence-electron chi connectivity index (χ3n) is 1.99. The summed E-state index contributed by atoms with van der Waals surface area (Å²) in [7, 11) is 3.25. The first-order valence-electron chi connectivity index (χ1n) is 4.86. The van der Waals surface area contributed by atoms with Crippen LogP contribution in [-0.2, 0) is 11.8 Å². The zero-order valence-corrected chi connectivity index (χ0v) is 10.5. The lowest BCUT2D eigenvalue weighted by Gasteiger charge is -1.95. The summed E-state index contributed by atoms with van der Waals surface area (Å²) < 4.78 is 11.9. The van der Waals surface area contributed by atoms with E-state index in [9.17, 15) is 4.79 Å². The second kappa shape index (κ2) is 5.08. The molecule has 0 amide bonds. The van der Waals surface area contributed by atoms with Gasteiger partial charge in [-0.15, -0.1) is 10.2 Å². The summed E-state index contributed by atoms with van der Waals surface area (Å²) in [6.45, 7) is 0. The Morgan fingerprint density at radius 1 is 1.61 bits per heavy atom. The van der Waals surface area contributed by atoms with Crippen LogP contribution in [0.15, 0.2) is 15.7 Å². The van der Waals surface area contributed by atoms with Crippen molar-refractivity contribution in [1.29, 1.82) is 0 Å². The van der Waals surface area contributed by atoms with Crippen LogP contribution in [0.25, 0.3) is 11.6 Å². The number of nitrogens with zero attached hydrogens (tertiary/aromatic N) is 4. The van der Waals surface area contributed by atoms with Gasteiger partial charge in [0.05, 0.1) is 7.11 Å². The molecule has 8 nitrogen and oxygen atoms in total. The average molecular weight is 270 g/mol. The lowest BCUT2D eigenvalue weighted by atomic mass is 10.4. The number of methoxy groups -OCH3 is 1. The molecule has 1 N–H and O–H groups in total. The van der Waals surface area contributed by atoms with Gasteiger partial charge in [-0.25, -0.2) is 4.68 Å². The number of ether oxygens (including phenoxy) is 1.